The molecule has 0 amide bonds. The van der Waals surface area contributed by atoms with Crippen molar-refractivity contribution in [1.29, 1.82) is 0 Å². The number of hydrogen-bond donors (Lipinski definition) is 0. The molecule has 134 valence electrons. The van der Waals surface area contributed by atoms with Gasteiger partial charge in [0.25, 0.3) is 0 Å². The molecule has 2 aromatic rings. The molecule has 0 spiro atoms. The molecule has 3 fully saturated rings. The van der Waals surface area contributed by atoms with Gasteiger partial charge in [0, 0.05) is 38.6 Å². The van der Waals surface area contributed by atoms with Crippen molar-refractivity contribution in [2.24, 2.45) is 7.05 Å². The topological polar surface area (TPSA) is 50.1 Å². The van der Waals surface area contributed by atoms with Crippen molar-refractivity contribution in [3.05, 3.63) is 12.0 Å². The van der Waals surface area contributed by atoms with Gasteiger partial charge in [-0.15, -0.1) is 0 Å². The van der Waals surface area contributed by atoms with Gasteiger partial charge in [0.2, 0.25) is 0 Å². The van der Waals surface area contributed by atoms with E-state index >= 15 is 0 Å². The molecule has 0 radical (unpaired) electrons. The Kier molecular flexibility index (Phi) is 3.88. The van der Waals surface area contributed by atoms with Crippen molar-refractivity contribution in [3.8, 4) is 0 Å². The molecule has 2 saturated heterocycles. The Bertz CT molecular complexity index is 763. The molecule has 1 atom stereocenters. The molecular weight excluding hydrogens is 312 g/mol. The smallest absolute Gasteiger partial charge is 0.163 e. The van der Waals surface area contributed by atoms with Gasteiger partial charge in [0.15, 0.2) is 5.65 Å². The lowest BCUT2D eigenvalue weighted by Crippen LogP contribution is -2.55. The first-order chi connectivity index (χ1) is 12.3. The lowest BCUT2D eigenvalue weighted by atomic mass is 9.99. The summed E-state index contributed by atoms with van der Waals surface area (Å²) in [6.07, 6.45) is 11.1. The normalized spacial score (nSPS) is 25.6. The molecule has 0 N–H and O–H groups in total. The highest BCUT2D eigenvalue weighted by molar-refractivity contribution is 5.87. The van der Waals surface area contributed by atoms with Crippen LogP contribution in [0.4, 0.5) is 5.82 Å². The summed E-state index contributed by atoms with van der Waals surface area (Å²) >= 11 is 0. The number of piperazine rings is 1. The fraction of sp³-hybridized carbons (Fsp3) is 0.737. The van der Waals surface area contributed by atoms with E-state index in [1.165, 1.54) is 51.5 Å². The number of nitrogens with zero attached hydrogens (tertiary/aromatic N) is 6. The summed E-state index contributed by atoms with van der Waals surface area (Å²) in [7, 11) is 2.00. The van der Waals surface area contributed by atoms with E-state index in [1.807, 2.05) is 17.9 Å². The number of anilines is 1. The van der Waals surface area contributed by atoms with Gasteiger partial charge < -0.3 is 4.90 Å². The van der Waals surface area contributed by atoms with Crippen LogP contribution in [-0.4, -0.2) is 56.9 Å². The monoisotopic (exact) mass is 340 g/mol. The summed E-state index contributed by atoms with van der Waals surface area (Å²) in [5.41, 5.74) is 0.998. The van der Waals surface area contributed by atoms with Gasteiger partial charge in [-0.1, -0.05) is 19.3 Å². The molecule has 0 bridgehead atoms. The molecule has 6 heteroatoms. The lowest BCUT2D eigenvalue weighted by molar-refractivity contribution is 0.133. The molecule has 6 nitrogen and oxygen atoms in total. The van der Waals surface area contributed by atoms with Crippen molar-refractivity contribution in [1.82, 2.24) is 24.6 Å². The predicted octanol–water partition coefficient (Wildman–Crippen LogP) is 2.70. The average Bonchev–Trinajstić information content (AvgIpc) is 3.31. The summed E-state index contributed by atoms with van der Waals surface area (Å²) in [4.78, 5) is 15.2. The molecule has 0 aromatic carbocycles. The number of fused-ring (bicyclic) bond motifs is 2. The predicted molar refractivity (Wildman–Crippen MR) is 98.9 cm³/mol. The maximum Gasteiger partial charge on any atom is 0.163 e. The van der Waals surface area contributed by atoms with E-state index in [4.69, 9.17) is 9.97 Å². The van der Waals surface area contributed by atoms with E-state index < -0.39 is 0 Å². The van der Waals surface area contributed by atoms with Crippen molar-refractivity contribution >= 4 is 16.9 Å². The third-order valence-electron chi connectivity index (χ3n) is 6.45. The van der Waals surface area contributed by atoms with Crippen LogP contribution in [0.1, 0.15) is 56.7 Å². The zero-order valence-corrected chi connectivity index (χ0v) is 15.2. The van der Waals surface area contributed by atoms with Crippen LogP contribution in [0.3, 0.4) is 0 Å². The molecule has 4 heterocycles. The number of aromatic nitrogens is 4. The van der Waals surface area contributed by atoms with Gasteiger partial charge in [-0.2, -0.15) is 5.10 Å². The highest BCUT2D eigenvalue weighted by atomic mass is 15.3. The molecule has 2 aromatic heterocycles. The molecule has 3 aliphatic rings. The minimum atomic E-state index is 0.536. The fourth-order valence-electron chi connectivity index (χ4n) is 4.98. The Morgan fingerprint density at radius 2 is 1.80 bits per heavy atom. The zero-order chi connectivity index (χ0) is 16.8. The van der Waals surface area contributed by atoms with Crippen LogP contribution in [0, 0.1) is 0 Å². The van der Waals surface area contributed by atoms with Crippen molar-refractivity contribution in [3.63, 3.8) is 0 Å². The summed E-state index contributed by atoms with van der Waals surface area (Å²) in [6.45, 7) is 4.61. The molecule has 5 rings (SSSR count). The third kappa shape index (κ3) is 2.71. The van der Waals surface area contributed by atoms with E-state index in [0.29, 0.717) is 12.0 Å². The highest BCUT2D eigenvalue weighted by Crippen LogP contribution is 2.35. The fourth-order valence-corrected chi connectivity index (χ4v) is 4.98. The Hall–Kier alpha value is -1.69. The van der Waals surface area contributed by atoms with Gasteiger partial charge in [0.1, 0.15) is 11.6 Å². The van der Waals surface area contributed by atoms with Gasteiger partial charge in [-0.05, 0) is 32.2 Å². The molecule has 25 heavy (non-hydrogen) atoms. The SMILES string of the molecule is Cn1ncc2c(N3CCN4CCCC[C@H]4C3)nc(C3CCCC3)nc21. The highest BCUT2D eigenvalue weighted by Gasteiger charge is 2.31. The molecule has 1 aliphatic carbocycles. The number of aryl methyl sites for hydroxylation is 1. The largest absolute Gasteiger partial charge is 0.353 e. The van der Waals surface area contributed by atoms with E-state index in [1.54, 1.807) is 0 Å². The standard InChI is InChI=1S/C19H28N6/c1-23-18-16(12-20-23)19(22-17(21-18)14-6-2-3-7-14)25-11-10-24-9-5-4-8-15(24)13-25/h12,14-15H,2-11,13H2,1H3/t15-/m0/s1. The molecular formula is C19H28N6. The van der Waals surface area contributed by atoms with Gasteiger partial charge >= 0.3 is 0 Å². The second kappa shape index (κ2) is 6.24. The quantitative estimate of drug-likeness (QED) is 0.841. The summed E-state index contributed by atoms with van der Waals surface area (Å²) < 4.78 is 1.91. The molecule has 1 saturated carbocycles. The van der Waals surface area contributed by atoms with Crippen LogP contribution >= 0.6 is 0 Å². The van der Waals surface area contributed by atoms with Crippen molar-refractivity contribution in [2.45, 2.75) is 56.9 Å². The van der Waals surface area contributed by atoms with Crippen LogP contribution in [-0.2, 0) is 7.05 Å². The first-order valence-corrected chi connectivity index (χ1v) is 9.98. The van der Waals surface area contributed by atoms with E-state index in [0.717, 1.165) is 42.3 Å². The maximum absolute atomic E-state index is 5.10. The first kappa shape index (κ1) is 15.6. The number of rotatable bonds is 2. The van der Waals surface area contributed by atoms with Crippen LogP contribution < -0.4 is 4.90 Å². The summed E-state index contributed by atoms with van der Waals surface area (Å²) in [6, 6.07) is 0.694. The van der Waals surface area contributed by atoms with Gasteiger partial charge in [-0.25, -0.2) is 9.97 Å². The van der Waals surface area contributed by atoms with Crippen LogP contribution in [0.25, 0.3) is 11.0 Å². The van der Waals surface area contributed by atoms with Crippen molar-refractivity contribution in [2.75, 3.05) is 31.1 Å². The lowest BCUT2D eigenvalue weighted by Gasteiger charge is -2.44. The third-order valence-corrected chi connectivity index (χ3v) is 6.45. The Morgan fingerprint density at radius 3 is 2.68 bits per heavy atom. The zero-order valence-electron chi connectivity index (χ0n) is 15.2. The van der Waals surface area contributed by atoms with Crippen molar-refractivity contribution < 1.29 is 0 Å². The minimum absolute atomic E-state index is 0.536. The van der Waals surface area contributed by atoms with Crippen LogP contribution in [0.15, 0.2) is 6.20 Å². The minimum Gasteiger partial charge on any atom is -0.353 e. The first-order valence-electron chi connectivity index (χ1n) is 9.98. The molecule has 0 unspecified atom stereocenters. The van der Waals surface area contributed by atoms with Crippen LogP contribution in [0.5, 0.6) is 0 Å². The van der Waals surface area contributed by atoms with Gasteiger partial charge in [0.05, 0.1) is 11.6 Å². The Morgan fingerprint density at radius 1 is 0.960 bits per heavy atom. The van der Waals surface area contributed by atoms with E-state index in [9.17, 15) is 0 Å². The second-order valence-corrected chi connectivity index (χ2v) is 8.02. The second-order valence-electron chi connectivity index (χ2n) is 8.02. The Balaban J connectivity index is 1.53. The van der Waals surface area contributed by atoms with E-state index in [2.05, 4.69) is 14.9 Å². The summed E-state index contributed by atoms with van der Waals surface area (Å²) in [5.74, 6) is 2.72. The number of hydrogen-bond acceptors (Lipinski definition) is 5. The maximum atomic E-state index is 5.10. The van der Waals surface area contributed by atoms with Crippen LogP contribution in [0.2, 0.25) is 0 Å². The Labute approximate surface area is 149 Å². The molecule has 2 aliphatic heterocycles. The van der Waals surface area contributed by atoms with Gasteiger partial charge in [-0.3, -0.25) is 9.58 Å². The average molecular weight is 340 g/mol. The van der Waals surface area contributed by atoms with E-state index in [-0.39, 0.29) is 0 Å². The number of piperidine rings is 1. The summed E-state index contributed by atoms with van der Waals surface area (Å²) in [5, 5.41) is 5.60.